The van der Waals surface area contributed by atoms with Crippen molar-refractivity contribution in [2.45, 2.75) is 43.6 Å². The van der Waals surface area contributed by atoms with Gasteiger partial charge in [-0.3, -0.25) is 9.59 Å². The number of benzene rings is 2. The summed E-state index contributed by atoms with van der Waals surface area (Å²) in [6.45, 7) is 0. The number of allylic oxidation sites excluding steroid dienone is 1. The molecule has 0 bridgehead atoms. The van der Waals surface area contributed by atoms with E-state index in [9.17, 15) is 9.59 Å². The third kappa shape index (κ3) is 4.03. The van der Waals surface area contributed by atoms with Crippen molar-refractivity contribution < 1.29 is 9.59 Å². The Bertz CT molecular complexity index is 1020. The highest BCUT2D eigenvalue weighted by Gasteiger charge is 2.51. The molecule has 154 valence electrons. The van der Waals surface area contributed by atoms with Gasteiger partial charge in [0.1, 0.15) is 0 Å². The van der Waals surface area contributed by atoms with Crippen LogP contribution in [-0.4, -0.2) is 24.4 Å². The quantitative estimate of drug-likeness (QED) is 0.416. The van der Waals surface area contributed by atoms with Gasteiger partial charge in [-0.25, -0.2) is 0 Å². The van der Waals surface area contributed by atoms with E-state index in [0.29, 0.717) is 33.5 Å². The topological polar surface area (TPSA) is 82.1 Å². The number of halogens is 1. The summed E-state index contributed by atoms with van der Waals surface area (Å²) in [6, 6.07) is 13.1. The molecular weight excluding hydrogens is 398 g/mol. The first kappa shape index (κ1) is 20.4. The Balaban J connectivity index is 1.53. The third-order valence-electron chi connectivity index (χ3n) is 6.04. The molecule has 0 saturated heterocycles. The fraction of sp³-hybridized carbons (Fsp3) is 0.292. The smallest absolute Gasteiger partial charge is 0.235 e. The average Bonchev–Trinajstić information content (AvgIpc) is 3.52. The van der Waals surface area contributed by atoms with Crippen LogP contribution in [0, 0.1) is 5.41 Å². The number of rotatable bonds is 8. The second-order valence-corrected chi connectivity index (χ2v) is 8.44. The second kappa shape index (κ2) is 8.44. The van der Waals surface area contributed by atoms with Gasteiger partial charge < -0.3 is 16.0 Å². The fourth-order valence-corrected chi connectivity index (χ4v) is 3.98. The van der Waals surface area contributed by atoms with Crippen LogP contribution in [0.5, 0.6) is 0 Å². The molecule has 0 unspecified atom stereocenters. The molecule has 0 atom stereocenters. The normalized spacial score (nSPS) is 17.6. The lowest BCUT2D eigenvalue weighted by Gasteiger charge is -2.26. The van der Waals surface area contributed by atoms with Crippen molar-refractivity contribution in [3.8, 4) is 0 Å². The van der Waals surface area contributed by atoms with Crippen LogP contribution in [0.4, 0.5) is 5.69 Å². The van der Waals surface area contributed by atoms with Gasteiger partial charge in [-0.1, -0.05) is 29.8 Å². The first-order valence-corrected chi connectivity index (χ1v) is 10.6. The second-order valence-electron chi connectivity index (χ2n) is 8.00. The standard InChI is InChI=1S/C24H24ClN3O2/c25-19-4-1-3-18(12-19)24(9-10-24)23(30)28-21-7-8-22(16(11-21)15-29)17(13-26)14-27-20-5-2-6-20/h1,3-4,7-8,11-15,20,26-27H,2,5-6,9-10H2,(H,28,30)/b17-14+,26-13?. The largest absolute Gasteiger partial charge is 0.388 e. The minimum atomic E-state index is -0.558. The van der Waals surface area contributed by atoms with Crippen molar-refractivity contribution in [2.75, 3.05) is 5.32 Å². The van der Waals surface area contributed by atoms with Gasteiger partial charge in [0.25, 0.3) is 0 Å². The van der Waals surface area contributed by atoms with Crippen molar-refractivity contribution in [1.29, 1.82) is 5.41 Å². The van der Waals surface area contributed by atoms with Crippen LogP contribution in [-0.2, 0) is 10.2 Å². The van der Waals surface area contributed by atoms with Crippen LogP contribution in [0.3, 0.4) is 0 Å². The van der Waals surface area contributed by atoms with Crippen molar-refractivity contribution in [2.24, 2.45) is 0 Å². The molecule has 0 radical (unpaired) electrons. The zero-order valence-corrected chi connectivity index (χ0v) is 17.3. The third-order valence-corrected chi connectivity index (χ3v) is 6.28. The summed E-state index contributed by atoms with van der Waals surface area (Å²) in [5.41, 5.74) is 2.66. The lowest BCUT2D eigenvalue weighted by molar-refractivity contribution is -0.118. The summed E-state index contributed by atoms with van der Waals surface area (Å²) in [5.74, 6) is -0.0937. The van der Waals surface area contributed by atoms with Gasteiger partial charge in [0.05, 0.1) is 5.41 Å². The molecule has 2 aliphatic rings. The molecule has 1 amide bonds. The van der Waals surface area contributed by atoms with Crippen LogP contribution in [0.25, 0.3) is 5.57 Å². The van der Waals surface area contributed by atoms with Crippen molar-refractivity contribution in [1.82, 2.24) is 5.32 Å². The van der Waals surface area contributed by atoms with E-state index in [1.807, 2.05) is 18.2 Å². The van der Waals surface area contributed by atoms with Gasteiger partial charge in [-0.15, -0.1) is 0 Å². The van der Waals surface area contributed by atoms with Crippen LogP contribution in [0.2, 0.25) is 5.02 Å². The van der Waals surface area contributed by atoms with E-state index < -0.39 is 5.41 Å². The molecule has 0 spiro atoms. The zero-order valence-electron chi connectivity index (χ0n) is 16.6. The summed E-state index contributed by atoms with van der Waals surface area (Å²) in [5, 5.41) is 14.6. The highest BCUT2D eigenvalue weighted by Crippen LogP contribution is 2.49. The molecule has 4 rings (SSSR count). The number of hydrogen-bond donors (Lipinski definition) is 3. The van der Waals surface area contributed by atoms with Gasteiger partial charge in [-0.05, 0) is 67.5 Å². The molecule has 2 aliphatic carbocycles. The first-order chi connectivity index (χ1) is 14.6. The SMILES string of the molecule is N=C/C(=C\NC1CCC1)c1ccc(NC(=O)C2(c3cccc(Cl)c3)CC2)cc1C=O. The van der Waals surface area contributed by atoms with Crippen LogP contribution >= 0.6 is 11.6 Å². The Kier molecular flexibility index (Phi) is 5.73. The summed E-state index contributed by atoms with van der Waals surface area (Å²) in [6.07, 6.45) is 8.81. The Labute approximate surface area is 181 Å². The maximum absolute atomic E-state index is 13.0. The van der Waals surface area contributed by atoms with E-state index in [4.69, 9.17) is 17.0 Å². The molecule has 3 N–H and O–H groups in total. The van der Waals surface area contributed by atoms with Crippen LogP contribution in [0.1, 0.15) is 53.6 Å². The summed E-state index contributed by atoms with van der Waals surface area (Å²) < 4.78 is 0. The number of hydrogen-bond acceptors (Lipinski definition) is 4. The van der Waals surface area contributed by atoms with E-state index in [0.717, 1.165) is 37.5 Å². The lowest BCUT2D eigenvalue weighted by Crippen LogP contribution is -2.31. The van der Waals surface area contributed by atoms with Gasteiger partial charge in [-0.2, -0.15) is 0 Å². The maximum atomic E-state index is 13.0. The van der Waals surface area contributed by atoms with Gasteiger partial charge in [0.15, 0.2) is 6.29 Å². The predicted octanol–water partition coefficient (Wildman–Crippen LogP) is 4.96. The highest BCUT2D eigenvalue weighted by molar-refractivity contribution is 6.30. The molecule has 2 saturated carbocycles. The van der Waals surface area contributed by atoms with E-state index in [1.165, 1.54) is 12.6 Å². The Morgan fingerprint density at radius 1 is 1.17 bits per heavy atom. The number of anilines is 1. The summed E-state index contributed by atoms with van der Waals surface area (Å²) in [7, 11) is 0. The molecule has 30 heavy (non-hydrogen) atoms. The number of nitrogens with one attached hydrogen (secondary N) is 3. The molecule has 0 aromatic heterocycles. The molecule has 2 aromatic rings. The van der Waals surface area contributed by atoms with Crippen molar-refractivity contribution >= 4 is 41.3 Å². The minimum Gasteiger partial charge on any atom is -0.388 e. The summed E-state index contributed by atoms with van der Waals surface area (Å²) >= 11 is 6.10. The molecular formula is C24H24ClN3O2. The first-order valence-electron chi connectivity index (χ1n) is 10.2. The van der Waals surface area contributed by atoms with Crippen molar-refractivity contribution in [3.63, 3.8) is 0 Å². The Morgan fingerprint density at radius 3 is 2.57 bits per heavy atom. The van der Waals surface area contributed by atoms with E-state index in [2.05, 4.69) is 10.6 Å². The molecule has 2 fully saturated rings. The van der Waals surface area contributed by atoms with Gasteiger partial charge >= 0.3 is 0 Å². The predicted molar refractivity (Wildman–Crippen MR) is 120 cm³/mol. The molecule has 5 nitrogen and oxygen atoms in total. The maximum Gasteiger partial charge on any atom is 0.235 e. The molecule has 0 heterocycles. The Morgan fingerprint density at radius 2 is 1.97 bits per heavy atom. The monoisotopic (exact) mass is 421 g/mol. The zero-order chi connectivity index (χ0) is 21.1. The van der Waals surface area contributed by atoms with E-state index >= 15 is 0 Å². The number of amides is 1. The molecule has 0 aliphatic heterocycles. The highest BCUT2D eigenvalue weighted by atomic mass is 35.5. The fourth-order valence-electron chi connectivity index (χ4n) is 3.79. The number of carbonyl (C=O) groups excluding carboxylic acids is 2. The van der Waals surface area contributed by atoms with E-state index in [1.54, 1.807) is 30.5 Å². The van der Waals surface area contributed by atoms with Crippen molar-refractivity contribution in [3.05, 3.63) is 70.4 Å². The van der Waals surface area contributed by atoms with E-state index in [-0.39, 0.29) is 5.91 Å². The summed E-state index contributed by atoms with van der Waals surface area (Å²) in [4.78, 5) is 24.7. The molecule has 6 heteroatoms. The lowest BCUT2D eigenvalue weighted by atomic mass is 9.93. The van der Waals surface area contributed by atoms with Crippen LogP contribution < -0.4 is 10.6 Å². The number of carbonyl (C=O) groups is 2. The minimum absolute atomic E-state index is 0.0937. The number of aldehydes is 1. The average molecular weight is 422 g/mol. The van der Waals surface area contributed by atoms with Crippen LogP contribution in [0.15, 0.2) is 48.7 Å². The molecule has 2 aromatic carbocycles. The van der Waals surface area contributed by atoms with Gasteiger partial charge in [0, 0.05) is 40.3 Å². The van der Waals surface area contributed by atoms with Gasteiger partial charge in [0.2, 0.25) is 5.91 Å². The Hall–Kier alpha value is -2.92.